The molecule has 0 bridgehead atoms. The number of aromatic nitrogens is 2. The summed E-state index contributed by atoms with van der Waals surface area (Å²) in [6, 6.07) is 5.89. The number of hydrogen-bond acceptors (Lipinski definition) is 5. The Morgan fingerprint density at radius 2 is 2.27 bits per heavy atom. The highest BCUT2D eigenvalue weighted by molar-refractivity contribution is 9.10. The highest BCUT2D eigenvalue weighted by Gasteiger charge is 2.29. The minimum atomic E-state index is -0.465. The van der Waals surface area contributed by atoms with Crippen molar-refractivity contribution in [2.45, 2.75) is 6.10 Å². The summed E-state index contributed by atoms with van der Waals surface area (Å²) in [7, 11) is 3.46. The average Bonchev–Trinajstić information content (AvgIpc) is 2.53. The Bertz CT molecular complexity index is 707. The van der Waals surface area contributed by atoms with Crippen LogP contribution in [0.25, 0.3) is 10.9 Å². The number of amides is 1. The number of fused-ring (bicyclic) bond motifs is 1. The summed E-state index contributed by atoms with van der Waals surface area (Å²) < 4.78 is 6.56. The molecule has 1 aromatic carbocycles. The van der Waals surface area contributed by atoms with Crippen LogP contribution in [-0.4, -0.2) is 60.7 Å². The first-order valence-electron chi connectivity index (χ1n) is 7.04. The van der Waals surface area contributed by atoms with Crippen molar-refractivity contribution in [3.05, 3.63) is 28.9 Å². The molecule has 3 rings (SSSR count). The number of morpholine rings is 1. The fraction of sp³-hybridized carbons (Fsp3) is 0.400. The highest BCUT2D eigenvalue weighted by atomic mass is 79.9. The molecule has 1 aromatic heterocycles. The van der Waals surface area contributed by atoms with Crippen molar-refractivity contribution in [3.63, 3.8) is 0 Å². The minimum Gasteiger partial charge on any atom is -0.365 e. The van der Waals surface area contributed by atoms with Gasteiger partial charge in [-0.15, -0.1) is 0 Å². The number of nitrogens with zero attached hydrogens (tertiary/aromatic N) is 4. The zero-order valence-electron chi connectivity index (χ0n) is 12.5. The average molecular weight is 365 g/mol. The van der Waals surface area contributed by atoms with Gasteiger partial charge in [-0.25, -0.2) is 9.97 Å². The Hall–Kier alpha value is -1.73. The Morgan fingerprint density at radius 1 is 1.45 bits per heavy atom. The normalized spacial score (nSPS) is 18.5. The smallest absolute Gasteiger partial charge is 0.253 e. The van der Waals surface area contributed by atoms with E-state index in [2.05, 4.69) is 25.9 Å². The van der Waals surface area contributed by atoms with Crippen molar-refractivity contribution < 1.29 is 9.53 Å². The lowest BCUT2D eigenvalue weighted by Gasteiger charge is -2.33. The number of rotatable bonds is 2. The van der Waals surface area contributed by atoms with Crippen LogP contribution in [0.15, 0.2) is 28.9 Å². The molecule has 1 unspecified atom stereocenters. The number of hydrogen-bond donors (Lipinski definition) is 0. The number of carbonyl (C=O) groups excluding carboxylic acids is 1. The molecular formula is C15H17BrN4O2. The molecule has 2 aromatic rings. The molecule has 1 aliphatic rings. The number of anilines is 1. The zero-order valence-corrected chi connectivity index (χ0v) is 14.1. The first kappa shape index (κ1) is 15.2. The molecule has 0 N–H and O–H groups in total. The molecule has 6 nitrogen and oxygen atoms in total. The predicted octanol–water partition coefficient (Wildman–Crippen LogP) is 1.69. The van der Waals surface area contributed by atoms with Gasteiger partial charge in [0.25, 0.3) is 5.91 Å². The van der Waals surface area contributed by atoms with Gasteiger partial charge in [-0.2, -0.15) is 0 Å². The van der Waals surface area contributed by atoms with E-state index in [0.29, 0.717) is 25.6 Å². The van der Waals surface area contributed by atoms with Gasteiger partial charge in [0.15, 0.2) is 6.10 Å². The van der Waals surface area contributed by atoms with Gasteiger partial charge in [0.1, 0.15) is 0 Å². The van der Waals surface area contributed by atoms with E-state index in [1.54, 1.807) is 25.2 Å². The number of carbonyl (C=O) groups is 1. The van der Waals surface area contributed by atoms with E-state index >= 15 is 0 Å². The maximum absolute atomic E-state index is 12.1. The Kier molecular flexibility index (Phi) is 4.26. The Morgan fingerprint density at radius 3 is 3.05 bits per heavy atom. The molecule has 0 aliphatic carbocycles. The molecule has 1 saturated heterocycles. The molecule has 0 spiro atoms. The summed E-state index contributed by atoms with van der Waals surface area (Å²) in [6.45, 7) is 1.64. The van der Waals surface area contributed by atoms with E-state index in [0.717, 1.165) is 15.4 Å². The molecule has 1 aliphatic heterocycles. The van der Waals surface area contributed by atoms with E-state index in [-0.39, 0.29) is 5.91 Å². The lowest BCUT2D eigenvalue weighted by atomic mass is 10.2. The van der Waals surface area contributed by atoms with Crippen molar-refractivity contribution in [1.82, 2.24) is 14.9 Å². The fourth-order valence-electron chi connectivity index (χ4n) is 2.42. The molecule has 22 heavy (non-hydrogen) atoms. The third-order valence-corrected chi connectivity index (χ3v) is 4.09. The van der Waals surface area contributed by atoms with Crippen LogP contribution in [0, 0.1) is 0 Å². The minimum absolute atomic E-state index is 0.0329. The van der Waals surface area contributed by atoms with Crippen LogP contribution < -0.4 is 4.90 Å². The lowest BCUT2D eigenvalue weighted by Crippen LogP contribution is -2.50. The number of benzene rings is 1. The van der Waals surface area contributed by atoms with Gasteiger partial charge in [-0.05, 0) is 18.2 Å². The largest absolute Gasteiger partial charge is 0.365 e. The van der Waals surface area contributed by atoms with Gasteiger partial charge >= 0.3 is 0 Å². The molecule has 0 saturated carbocycles. The monoisotopic (exact) mass is 364 g/mol. The maximum atomic E-state index is 12.1. The van der Waals surface area contributed by atoms with E-state index in [4.69, 9.17) is 4.74 Å². The van der Waals surface area contributed by atoms with Crippen molar-refractivity contribution in [1.29, 1.82) is 0 Å². The molecule has 2 heterocycles. The summed E-state index contributed by atoms with van der Waals surface area (Å²) in [5, 5.41) is 0.979. The van der Waals surface area contributed by atoms with Crippen LogP contribution in [0.4, 0.5) is 5.95 Å². The van der Waals surface area contributed by atoms with E-state index < -0.39 is 6.10 Å². The molecule has 116 valence electrons. The zero-order chi connectivity index (χ0) is 15.7. The summed E-state index contributed by atoms with van der Waals surface area (Å²) in [5.74, 6) is 0.601. The summed E-state index contributed by atoms with van der Waals surface area (Å²) in [5.41, 5.74) is 0.884. The SMILES string of the molecule is CN(C)C(=O)C1CN(c2ncc3cc(Br)ccc3n2)CCO1. The fourth-order valence-corrected chi connectivity index (χ4v) is 2.79. The summed E-state index contributed by atoms with van der Waals surface area (Å²) in [4.78, 5) is 24.6. The molecular weight excluding hydrogens is 348 g/mol. The quantitative estimate of drug-likeness (QED) is 0.811. The second-order valence-electron chi connectivity index (χ2n) is 5.41. The third-order valence-electron chi connectivity index (χ3n) is 3.59. The summed E-state index contributed by atoms with van der Waals surface area (Å²) in [6.07, 6.45) is 1.34. The van der Waals surface area contributed by atoms with Crippen molar-refractivity contribution in [2.75, 3.05) is 38.7 Å². The van der Waals surface area contributed by atoms with Crippen LogP contribution >= 0.6 is 15.9 Å². The van der Waals surface area contributed by atoms with Crippen molar-refractivity contribution >= 4 is 38.7 Å². The maximum Gasteiger partial charge on any atom is 0.253 e. The van der Waals surface area contributed by atoms with E-state index in [9.17, 15) is 4.79 Å². The van der Waals surface area contributed by atoms with E-state index in [1.165, 1.54) is 0 Å². The highest BCUT2D eigenvalue weighted by Crippen LogP contribution is 2.21. The second-order valence-corrected chi connectivity index (χ2v) is 6.33. The predicted molar refractivity (Wildman–Crippen MR) is 87.9 cm³/mol. The van der Waals surface area contributed by atoms with E-state index in [1.807, 2.05) is 23.1 Å². The number of likely N-dealkylation sites (N-methyl/N-ethyl adjacent to an activating group) is 1. The van der Waals surface area contributed by atoms with Crippen LogP contribution in [0.1, 0.15) is 0 Å². The first-order valence-corrected chi connectivity index (χ1v) is 7.84. The number of ether oxygens (including phenoxy) is 1. The topological polar surface area (TPSA) is 58.6 Å². The van der Waals surface area contributed by atoms with Crippen LogP contribution in [0.5, 0.6) is 0 Å². The van der Waals surface area contributed by atoms with Crippen LogP contribution in [0.3, 0.4) is 0 Å². The molecule has 0 radical (unpaired) electrons. The standard InChI is InChI=1S/C15H17BrN4O2/c1-19(2)14(21)13-9-20(5-6-22-13)15-17-8-10-7-11(16)3-4-12(10)18-15/h3-4,7-8,13H,5-6,9H2,1-2H3. The van der Waals surface area contributed by atoms with Gasteiger partial charge in [0.05, 0.1) is 18.7 Å². The van der Waals surface area contributed by atoms with Crippen molar-refractivity contribution in [3.8, 4) is 0 Å². The van der Waals surface area contributed by atoms with Crippen LogP contribution in [0.2, 0.25) is 0 Å². The van der Waals surface area contributed by atoms with Gasteiger partial charge in [0.2, 0.25) is 5.95 Å². The Labute approximate surface area is 137 Å². The van der Waals surface area contributed by atoms with Gasteiger partial charge in [-0.1, -0.05) is 15.9 Å². The van der Waals surface area contributed by atoms with Gasteiger partial charge in [0, 0.05) is 36.7 Å². The van der Waals surface area contributed by atoms with Gasteiger partial charge < -0.3 is 14.5 Å². The number of halogens is 1. The first-order chi connectivity index (χ1) is 10.5. The lowest BCUT2D eigenvalue weighted by molar-refractivity contribution is -0.141. The molecule has 1 atom stereocenters. The Balaban J connectivity index is 1.84. The molecule has 1 amide bonds. The molecule has 7 heteroatoms. The van der Waals surface area contributed by atoms with Crippen LogP contribution in [-0.2, 0) is 9.53 Å². The summed E-state index contributed by atoms with van der Waals surface area (Å²) >= 11 is 3.44. The van der Waals surface area contributed by atoms with Gasteiger partial charge in [-0.3, -0.25) is 4.79 Å². The molecule has 1 fully saturated rings. The second kappa shape index (κ2) is 6.18. The third kappa shape index (κ3) is 3.05. The van der Waals surface area contributed by atoms with Crippen molar-refractivity contribution in [2.24, 2.45) is 0 Å².